The van der Waals surface area contributed by atoms with Crippen molar-refractivity contribution in [3.8, 4) is 11.5 Å². The predicted octanol–water partition coefficient (Wildman–Crippen LogP) is 5.82. The van der Waals surface area contributed by atoms with Crippen molar-refractivity contribution in [2.24, 2.45) is 0 Å². The van der Waals surface area contributed by atoms with Gasteiger partial charge in [-0.25, -0.2) is 0 Å². The molecule has 1 N–H and O–H groups in total. The largest absolute Gasteiger partial charge is 0.490 e. The topological polar surface area (TPSA) is 30.5 Å². The fourth-order valence-electron chi connectivity index (χ4n) is 2.50. The summed E-state index contributed by atoms with van der Waals surface area (Å²) >= 11 is 1.71. The van der Waals surface area contributed by atoms with Gasteiger partial charge in [0, 0.05) is 11.4 Å². The fraction of sp³-hybridized carbons (Fsp3) is 0.500. The van der Waals surface area contributed by atoms with E-state index in [9.17, 15) is 0 Å². The zero-order chi connectivity index (χ0) is 17.0. The molecular formula is C20H30ClNO2S. The monoisotopic (exact) mass is 383 g/mol. The van der Waals surface area contributed by atoms with Crippen molar-refractivity contribution in [3.05, 3.63) is 46.2 Å². The lowest BCUT2D eigenvalue weighted by Crippen LogP contribution is -2.14. The first kappa shape index (κ1) is 21.8. The van der Waals surface area contributed by atoms with Gasteiger partial charge in [0.05, 0.1) is 6.61 Å². The fourth-order valence-corrected chi connectivity index (χ4v) is 3.12. The second-order valence-electron chi connectivity index (χ2n) is 5.82. The SMILES string of the molecule is CCCCCCNCc1ccc(OCc2cccs2)c(OCC)c1.Cl. The maximum absolute atomic E-state index is 5.92. The number of nitrogens with one attached hydrogen (secondary N) is 1. The third-order valence-corrected chi connectivity index (χ3v) is 4.64. The molecule has 0 spiro atoms. The minimum atomic E-state index is 0. The molecule has 5 heteroatoms. The van der Waals surface area contributed by atoms with Gasteiger partial charge in [0.1, 0.15) is 6.61 Å². The van der Waals surface area contributed by atoms with Gasteiger partial charge in [-0.1, -0.05) is 38.3 Å². The molecule has 0 saturated carbocycles. The number of rotatable bonds is 12. The summed E-state index contributed by atoms with van der Waals surface area (Å²) in [6.07, 6.45) is 5.16. The van der Waals surface area contributed by atoms with Crippen LogP contribution >= 0.6 is 23.7 Å². The first-order valence-corrected chi connectivity index (χ1v) is 9.83. The van der Waals surface area contributed by atoms with Gasteiger partial charge in [0.25, 0.3) is 0 Å². The van der Waals surface area contributed by atoms with Crippen molar-refractivity contribution in [1.29, 1.82) is 0 Å². The van der Waals surface area contributed by atoms with E-state index in [1.165, 1.54) is 36.1 Å². The van der Waals surface area contributed by atoms with Gasteiger partial charge in [0.2, 0.25) is 0 Å². The number of benzene rings is 1. The van der Waals surface area contributed by atoms with Gasteiger partial charge < -0.3 is 14.8 Å². The number of unbranched alkanes of at least 4 members (excludes halogenated alkanes) is 3. The summed E-state index contributed by atoms with van der Waals surface area (Å²) in [6, 6.07) is 10.4. The van der Waals surface area contributed by atoms with Crippen LogP contribution in [-0.4, -0.2) is 13.2 Å². The molecule has 140 valence electrons. The third-order valence-electron chi connectivity index (χ3n) is 3.79. The summed E-state index contributed by atoms with van der Waals surface area (Å²) in [4.78, 5) is 1.22. The van der Waals surface area contributed by atoms with E-state index in [-0.39, 0.29) is 12.4 Å². The van der Waals surface area contributed by atoms with Gasteiger partial charge in [-0.05, 0) is 49.0 Å². The Bertz CT molecular complexity index is 575. The van der Waals surface area contributed by atoms with Crippen LogP contribution < -0.4 is 14.8 Å². The van der Waals surface area contributed by atoms with Crippen LogP contribution in [0, 0.1) is 0 Å². The van der Waals surface area contributed by atoms with Gasteiger partial charge in [-0.15, -0.1) is 23.7 Å². The number of thiophene rings is 1. The molecule has 1 heterocycles. The van der Waals surface area contributed by atoms with Gasteiger partial charge in [-0.2, -0.15) is 0 Å². The lowest BCUT2D eigenvalue weighted by Gasteiger charge is -2.13. The molecule has 0 saturated heterocycles. The molecule has 0 aliphatic heterocycles. The minimum Gasteiger partial charge on any atom is -0.490 e. The molecule has 0 radical (unpaired) electrons. The molecule has 1 aromatic heterocycles. The summed E-state index contributed by atoms with van der Waals surface area (Å²) in [5.74, 6) is 1.65. The summed E-state index contributed by atoms with van der Waals surface area (Å²) in [5, 5.41) is 5.58. The average Bonchev–Trinajstić information content (AvgIpc) is 3.11. The standard InChI is InChI=1S/C20H29NO2S.ClH/c1-3-5-6-7-12-21-15-17-10-11-19(20(14-17)22-4-2)23-16-18-9-8-13-24-18;/h8-11,13-14,21H,3-7,12,15-16H2,1-2H3;1H. The zero-order valence-corrected chi connectivity index (χ0v) is 16.9. The van der Waals surface area contributed by atoms with E-state index < -0.39 is 0 Å². The predicted molar refractivity (Wildman–Crippen MR) is 109 cm³/mol. The molecule has 2 aromatic rings. The van der Waals surface area contributed by atoms with Crippen molar-refractivity contribution < 1.29 is 9.47 Å². The van der Waals surface area contributed by atoms with E-state index in [1.54, 1.807) is 11.3 Å². The maximum Gasteiger partial charge on any atom is 0.161 e. The molecule has 25 heavy (non-hydrogen) atoms. The Morgan fingerprint density at radius 1 is 1.00 bits per heavy atom. The van der Waals surface area contributed by atoms with Crippen LogP contribution in [0.1, 0.15) is 50.0 Å². The van der Waals surface area contributed by atoms with E-state index in [0.29, 0.717) is 13.2 Å². The average molecular weight is 384 g/mol. The maximum atomic E-state index is 5.92. The molecule has 0 atom stereocenters. The molecule has 2 rings (SSSR count). The summed E-state index contributed by atoms with van der Waals surface area (Å²) in [6.45, 7) is 7.42. The molecule has 0 aliphatic rings. The Morgan fingerprint density at radius 3 is 2.60 bits per heavy atom. The smallest absolute Gasteiger partial charge is 0.161 e. The number of hydrogen-bond donors (Lipinski definition) is 1. The number of halogens is 1. The van der Waals surface area contributed by atoms with Gasteiger partial charge in [-0.3, -0.25) is 0 Å². The Balaban J connectivity index is 0.00000312. The van der Waals surface area contributed by atoms with Crippen molar-refractivity contribution in [2.45, 2.75) is 52.7 Å². The van der Waals surface area contributed by atoms with Crippen molar-refractivity contribution in [1.82, 2.24) is 5.32 Å². The second-order valence-corrected chi connectivity index (χ2v) is 6.85. The van der Waals surface area contributed by atoms with Crippen LogP contribution in [0.2, 0.25) is 0 Å². The van der Waals surface area contributed by atoms with E-state index in [0.717, 1.165) is 24.6 Å². The minimum absolute atomic E-state index is 0. The van der Waals surface area contributed by atoms with E-state index in [4.69, 9.17) is 9.47 Å². The van der Waals surface area contributed by atoms with Crippen LogP contribution in [0.15, 0.2) is 35.7 Å². The highest BCUT2D eigenvalue weighted by Gasteiger charge is 2.07. The van der Waals surface area contributed by atoms with Crippen molar-refractivity contribution in [2.75, 3.05) is 13.2 Å². The normalized spacial score (nSPS) is 10.3. The first-order valence-electron chi connectivity index (χ1n) is 8.95. The Labute approximate surface area is 162 Å². The molecule has 0 unspecified atom stereocenters. The summed E-state index contributed by atoms with van der Waals surface area (Å²) < 4.78 is 11.7. The molecular weight excluding hydrogens is 354 g/mol. The van der Waals surface area contributed by atoms with Crippen LogP contribution in [0.3, 0.4) is 0 Å². The van der Waals surface area contributed by atoms with Crippen molar-refractivity contribution >= 4 is 23.7 Å². The summed E-state index contributed by atoms with van der Waals surface area (Å²) in [7, 11) is 0. The molecule has 0 amide bonds. The quantitative estimate of drug-likeness (QED) is 0.468. The second kappa shape index (κ2) is 13.0. The molecule has 1 aromatic carbocycles. The van der Waals surface area contributed by atoms with E-state index in [1.807, 2.05) is 19.1 Å². The third kappa shape index (κ3) is 8.13. The first-order chi connectivity index (χ1) is 11.8. The number of ether oxygens (including phenoxy) is 2. The van der Waals surface area contributed by atoms with Crippen LogP contribution in [0.25, 0.3) is 0 Å². The van der Waals surface area contributed by atoms with Crippen LogP contribution in [0.5, 0.6) is 11.5 Å². The Kier molecular flexibility index (Phi) is 11.4. The molecule has 0 bridgehead atoms. The molecule has 3 nitrogen and oxygen atoms in total. The lowest BCUT2D eigenvalue weighted by molar-refractivity contribution is 0.271. The Morgan fingerprint density at radius 2 is 1.88 bits per heavy atom. The molecule has 0 aliphatic carbocycles. The highest BCUT2D eigenvalue weighted by atomic mass is 35.5. The van der Waals surface area contributed by atoms with Gasteiger partial charge >= 0.3 is 0 Å². The van der Waals surface area contributed by atoms with Crippen LogP contribution in [0.4, 0.5) is 0 Å². The van der Waals surface area contributed by atoms with E-state index >= 15 is 0 Å². The number of hydrogen-bond acceptors (Lipinski definition) is 4. The van der Waals surface area contributed by atoms with Gasteiger partial charge in [0.15, 0.2) is 11.5 Å². The summed E-state index contributed by atoms with van der Waals surface area (Å²) in [5.41, 5.74) is 1.23. The molecule has 0 fully saturated rings. The highest BCUT2D eigenvalue weighted by Crippen LogP contribution is 2.29. The van der Waals surface area contributed by atoms with Crippen LogP contribution in [-0.2, 0) is 13.2 Å². The zero-order valence-electron chi connectivity index (χ0n) is 15.3. The Hall–Kier alpha value is -1.23. The highest BCUT2D eigenvalue weighted by molar-refractivity contribution is 7.09. The lowest BCUT2D eigenvalue weighted by atomic mass is 10.2. The van der Waals surface area contributed by atoms with E-state index in [2.05, 4.69) is 35.8 Å². The van der Waals surface area contributed by atoms with Crippen molar-refractivity contribution in [3.63, 3.8) is 0 Å².